The molecule has 0 aliphatic carbocycles. The highest BCUT2D eigenvalue weighted by Crippen LogP contribution is 1.97. The van der Waals surface area contributed by atoms with Crippen molar-refractivity contribution < 1.29 is 9.47 Å². The van der Waals surface area contributed by atoms with E-state index in [1.807, 2.05) is 0 Å². The Morgan fingerprint density at radius 1 is 0.533 bits per heavy atom. The van der Waals surface area contributed by atoms with Gasteiger partial charge in [-0.15, -0.1) is 0 Å². The Morgan fingerprint density at radius 3 is 1.40 bits per heavy atom. The van der Waals surface area contributed by atoms with E-state index in [1.165, 1.54) is 32.1 Å². The third kappa shape index (κ3) is 13.9. The number of hydrogen-bond acceptors (Lipinski definition) is 2. The van der Waals surface area contributed by atoms with E-state index in [4.69, 9.17) is 9.47 Å². The van der Waals surface area contributed by atoms with Crippen LogP contribution in [0.25, 0.3) is 0 Å². The first kappa shape index (κ1) is 14.9. The molecular weight excluding hydrogens is 188 g/mol. The minimum absolute atomic E-state index is 0.901. The molecule has 15 heavy (non-hydrogen) atoms. The van der Waals surface area contributed by atoms with Crippen LogP contribution in [-0.4, -0.2) is 26.4 Å². The van der Waals surface area contributed by atoms with E-state index in [9.17, 15) is 0 Å². The van der Waals surface area contributed by atoms with Gasteiger partial charge < -0.3 is 9.47 Å². The highest BCUT2D eigenvalue weighted by Gasteiger charge is 1.91. The largest absolute Gasteiger partial charge is 0.381 e. The summed E-state index contributed by atoms with van der Waals surface area (Å²) in [4.78, 5) is 0. The van der Waals surface area contributed by atoms with Gasteiger partial charge in [-0.1, -0.05) is 33.1 Å². The Labute approximate surface area is 95.3 Å². The van der Waals surface area contributed by atoms with E-state index in [0.717, 1.165) is 39.3 Å². The van der Waals surface area contributed by atoms with Gasteiger partial charge in [-0.25, -0.2) is 0 Å². The third-order valence-electron chi connectivity index (χ3n) is 2.36. The van der Waals surface area contributed by atoms with Crippen LogP contribution in [0.2, 0.25) is 0 Å². The quantitative estimate of drug-likeness (QED) is 0.462. The van der Waals surface area contributed by atoms with E-state index in [0.29, 0.717) is 0 Å². The summed E-state index contributed by atoms with van der Waals surface area (Å²) < 4.78 is 11.0. The monoisotopic (exact) mass is 216 g/mol. The molecule has 0 saturated carbocycles. The van der Waals surface area contributed by atoms with Crippen molar-refractivity contribution in [3.63, 3.8) is 0 Å². The Bertz CT molecular complexity index is 92.7. The molecule has 0 bridgehead atoms. The summed E-state index contributed by atoms with van der Waals surface area (Å²) in [6.07, 6.45) is 8.46. The molecule has 2 nitrogen and oxygen atoms in total. The van der Waals surface area contributed by atoms with Gasteiger partial charge in [0.15, 0.2) is 0 Å². The van der Waals surface area contributed by atoms with E-state index in [1.54, 1.807) is 0 Å². The standard InChI is InChI=1S/C13H28O2/c1-3-5-7-11-15-13-9-8-12-14-10-6-4-2/h3-13H2,1-2H3. The van der Waals surface area contributed by atoms with E-state index < -0.39 is 0 Å². The molecule has 0 heterocycles. The van der Waals surface area contributed by atoms with Crippen LogP contribution in [0, 0.1) is 0 Å². The molecule has 0 rings (SSSR count). The van der Waals surface area contributed by atoms with Crippen molar-refractivity contribution >= 4 is 0 Å². The van der Waals surface area contributed by atoms with Crippen LogP contribution in [0.4, 0.5) is 0 Å². The topological polar surface area (TPSA) is 18.5 Å². The second kappa shape index (κ2) is 13.9. The fourth-order valence-corrected chi connectivity index (χ4v) is 1.31. The van der Waals surface area contributed by atoms with Gasteiger partial charge in [0.1, 0.15) is 0 Å². The lowest BCUT2D eigenvalue weighted by Gasteiger charge is -2.04. The van der Waals surface area contributed by atoms with Crippen LogP contribution in [0.1, 0.15) is 58.8 Å². The first-order valence-electron chi connectivity index (χ1n) is 6.57. The minimum Gasteiger partial charge on any atom is -0.381 e. The van der Waals surface area contributed by atoms with E-state index in [-0.39, 0.29) is 0 Å². The first-order valence-corrected chi connectivity index (χ1v) is 6.57. The van der Waals surface area contributed by atoms with Crippen molar-refractivity contribution in [1.29, 1.82) is 0 Å². The first-order chi connectivity index (χ1) is 7.41. The number of rotatable bonds is 12. The van der Waals surface area contributed by atoms with Gasteiger partial charge in [-0.3, -0.25) is 0 Å². The normalized spacial score (nSPS) is 10.8. The zero-order chi connectivity index (χ0) is 11.2. The average molecular weight is 216 g/mol. The smallest absolute Gasteiger partial charge is 0.0466 e. The van der Waals surface area contributed by atoms with Crippen molar-refractivity contribution in [2.24, 2.45) is 0 Å². The number of unbranched alkanes of at least 4 members (excludes halogenated alkanes) is 4. The molecule has 0 atom stereocenters. The highest BCUT2D eigenvalue weighted by atomic mass is 16.5. The Morgan fingerprint density at radius 2 is 0.933 bits per heavy atom. The highest BCUT2D eigenvalue weighted by molar-refractivity contribution is 4.41. The molecule has 0 saturated heterocycles. The molecule has 0 aliphatic rings. The molecule has 0 aliphatic heterocycles. The van der Waals surface area contributed by atoms with Gasteiger partial charge in [0.05, 0.1) is 0 Å². The van der Waals surface area contributed by atoms with Crippen molar-refractivity contribution in [3.8, 4) is 0 Å². The molecular formula is C13H28O2. The molecule has 0 aromatic carbocycles. The van der Waals surface area contributed by atoms with Gasteiger partial charge in [0.2, 0.25) is 0 Å². The zero-order valence-corrected chi connectivity index (χ0v) is 10.6. The van der Waals surface area contributed by atoms with Gasteiger partial charge in [-0.2, -0.15) is 0 Å². The lowest BCUT2D eigenvalue weighted by Crippen LogP contribution is -2.01. The summed E-state index contributed by atoms with van der Waals surface area (Å²) in [7, 11) is 0. The third-order valence-corrected chi connectivity index (χ3v) is 2.36. The van der Waals surface area contributed by atoms with Crippen molar-refractivity contribution in [2.75, 3.05) is 26.4 Å². The van der Waals surface area contributed by atoms with Gasteiger partial charge >= 0.3 is 0 Å². The lowest BCUT2D eigenvalue weighted by atomic mass is 10.3. The summed E-state index contributed by atoms with van der Waals surface area (Å²) in [5.41, 5.74) is 0. The Balaban J connectivity index is 2.81. The predicted octanol–water partition coefficient (Wildman–Crippen LogP) is 3.79. The zero-order valence-electron chi connectivity index (χ0n) is 10.6. The van der Waals surface area contributed by atoms with Crippen LogP contribution in [-0.2, 0) is 9.47 Å². The average Bonchev–Trinajstić information content (AvgIpc) is 2.26. The summed E-state index contributed by atoms with van der Waals surface area (Å²) in [5.74, 6) is 0. The molecule has 0 amide bonds. The molecule has 92 valence electrons. The van der Waals surface area contributed by atoms with Crippen LogP contribution in [0.15, 0.2) is 0 Å². The molecule has 2 heteroatoms. The summed E-state index contributed by atoms with van der Waals surface area (Å²) in [6, 6.07) is 0. The molecule has 0 unspecified atom stereocenters. The molecule has 0 aromatic heterocycles. The number of ether oxygens (including phenoxy) is 2. The van der Waals surface area contributed by atoms with Crippen LogP contribution < -0.4 is 0 Å². The Hall–Kier alpha value is -0.0800. The van der Waals surface area contributed by atoms with Gasteiger partial charge in [-0.05, 0) is 25.7 Å². The van der Waals surface area contributed by atoms with Crippen molar-refractivity contribution in [2.45, 2.75) is 58.8 Å². The van der Waals surface area contributed by atoms with Crippen molar-refractivity contribution in [1.82, 2.24) is 0 Å². The van der Waals surface area contributed by atoms with E-state index >= 15 is 0 Å². The predicted molar refractivity (Wildman–Crippen MR) is 65.3 cm³/mol. The van der Waals surface area contributed by atoms with Crippen LogP contribution in [0.3, 0.4) is 0 Å². The summed E-state index contributed by atoms with van der Waals surface area (Å²) >= 11 is 0. The van der Waals surface area contributed by atoms with Crippen LogP contribution in [0.5, 0.6) is 0 Å². The van der Waals surface area contributed by atoms with Crippen LogP contribution >= 0.6 is 0 Å². The molecule has 0 radical (unpaired) electrons. The molecule has 0 fully saturated rings. The fourth-order valence-electron chi connectivity index (χ4n) is 1.31. The maximum absolute atomic E-state index is 5.51. The maximum atomic E-state index is 5.51. The molecule has 0 spiro atoms. The summed E-state index contributed by atoms with van der Waals surface area (Å²) in [6.45, 7) is 8.07. The molecule has 0 N–H and O–H groups in total. The maximum Gasteiger partial charge on any atom is 0.0466 e. The lowest BCUT2D eigenvalue weighted by molar-refractivity contribution is 0.0998. The summed E-state index contributed by atoms with van der Waals surface area (Å²) in [5, 5.41) is 0. The minimum atomic E-state index is 0.901. The van der Waals surface area contributed by atoms with Gasteiger partial charge in [0, 0.05) is 26.4 Å². The second-order valence-corrected chi connectivity index (χ2v) is 3.99. The fraction of sp³-hybridized carbons (Fsp3) is 1.00. The number of hydrogen-bond donors (Lipinski definition) is 0. The Kier molecular flexibility index (Phi) is 13.8. The molecule has 0 aromatic rings. The van der Waals surface area contributed by atoms with E-state index in [2.05, 4.69) is 13.8 Å². The van der Waals surface area contributed by atoms with Gasteiger partial charge in [0.25, 0.3) is 0 Å². The second-order valence-electron chi connectivity index (χ2n) is 3.99. The van der Waals surface area contributed by atoms with Crippen molar-refractivity contribution in [3.05, 3.63) is 0 Å². The SMILES string of the molecule is CCCCCOCCCCOCCCC.